The van der Waals surface area contributed by atoms with Gasteiger partial charge in [-0.1, -0.05) is 38.1 Å². The lowest BCUT2D eigenvalue weighted by molar-refractivity contribution is -0.910. The molecule has 4 heteroatoms. The van der Waals surface area contributed by atoms with Gasteiger partial charge in [-0.15, -0.1) is 11.3 Å². The van der Waals surface area contributed by atoms with E-state index < -0.39 is 0 Å². The molecule has 3 nitrogen and oxygen atoms in total. The van der Waals surface area contributed by atoms with Gasteiger partial charge in [-0.25, -0.2) is 0 Å². The van der Waals surface area contributed by atoms with Crippen LogP contribution in [0.25, 0.3) is 0 Å². The van der Waals surface area contributed by atoms with Crippen molar-refractivity contribution >= 4 is 22.9 Å². The molecule has 24 heavy (non-hydrogen) atoms. The minimum Gasteiger partial charge on any atom is -0.321 e. The summed E-state index contributed by atoms with van der Waals surface area (Å²) < 4.78 is 0. The van der Waals surface area contributed by atoms with Gasteiger partial charge in [0.1, 0.15) is 6.04 Å². The number of hydrogen-bond acceptors (Lipinski definition) is 2. The van der Waals surface area contributed by atoms with Gasteiger partial charge in [0.2, 0.25) is 0 Å². The average Bonchev–Trinajstić information content (AvgIpc) is 3.26. The number of anilines is 1. The summed E-state index contributed by atoms with van der Waals surface area (Å²) in [5.74, 6) is 0.143. The molecule has 1 aliphatic heterocycles. The Morgan fingerprint density at radius 3 is 2.58 bits per heavy atom. The first-order valence-corrected chi connectivity index (χ1v) is 9.89. The molecule has 1 unspecified atom stereocenters. The number of thiophene rings is 1. The highest BCUT2D eigenvalue weighted by molar-refractivity contribution is 7.10. The predicted octanol–water partition coefficient (Wildman–Crippen LogP) is 3.23. The van der Waals surface area contributed by atoms with Gasteiger partial charge in [0, 0.05) is 18.5 Å². The number of nitrogens with one attached hydrogen (secondary N) is 2. The van der Waals surface area contributed by atoms with Crippen LogP contribution in [0.1, 0.15) is 48.7 Å². The maximum absolute atomic E-state index is 12.7. The van der Waals surface area contributed by atoms with Gasteiger partial charge in [-0.05, 0) is 35.4 Å². The Kier molecular flexibility index (Phi) is 5.69. The van der Waals surface area contributed by atoms with Crippen LogP contribution in [0.5, 0.6) is 0 Å². The van der Waals surface area contributed by atoms with Crippen LogP contribution >= 0.6 is 11.3 Å². The number of benzene rings is 1. The highest BCUT2D eigenvalue weighted by Gasteiger charge is 2.32. The summed E-state index contributed by atoms with van der Waals surface area (Å²) in [7, 11) is 0. The van der Waals surface area contributed by atoms with Crippen molar-refractivity contribution in [3.05, 3.63) is 51.7 Å². The van der Waals surface area contributed by atoms with Crippen molar-refractivity contribution in [2.24, 2.45) is 0 Å². The highest BCUT2D eigenvalue weighted by Crippen LogP contribution is 2.24. The molecule has 0 aliphatic carbocycles. The molecule has 0 bridgehead atoms. The van der Waals surface area contributed by atoms with Crippen molar-refractivity contribution in [2.75, 3.05) is 18.4 Å². The van der Waals surface area contributed by atoms with Crippen LogP contribution in [-0.2, 0) is 17.6 Å². The molecule has 3 rings (SSSR count). The summed E-state index contributed by atoms with van der Waals surface area (Å²) in [4.78, 5) is 15.5. The number of quaternary nitrogens is 1. The fraction of sp³-hybridized carbons (Fsp3) is 0.450. The SMILES string of the molecule is CCc1cccc(CC)c1NC(=O)C[NH+]1CCC[C@@H]1c1cccs1. The largest absolute Gasteiger partial charge is 0.321 e. The van der Waals surface area contributed by atoms with Gasteiger partial charge in [0.05, 0.1) is 11.4 Å². The lowest BCUT2D eigenvalue weighted by Gasteiger charge is -2.21. The molecule has 1 aromatic heterocycles. The molecule has 0 spiro atoms. The number of likely N-dealkylation sites (tertiary alicyclic amines) is 1. The molecule has 0 radical (unpaired) electrons. The predicted molar refractivity (Wildman–Crippen MR) is 101 cm³/mol. The van der Waals surface area contributed by atoms with Crippen LogP contribution in [0.3, 0.4) is 0 Å². The zero-order valence-electron chi connectivity index (χ0n) is 14.6. The van der Waals surface area contributed by atoms with E-state index in [9.17, 15) is 4.79 Å². The summed E-state index contributed by atoms with van der Waals surface area (Å²) >= 11 is 1.81. The van der Waals surface area contributed by atoms with E-state index in [0.717, 1.165) is 25.1 Å². The van der Waals surface area contributed by atoms with Gasteiger partial charge in [0.25, 0.3) is 5.91 Å². The Bertz CT molecular complexity index is 659. The standard InChI is InChI=1S/C20H26N2OS/c1-3-15-8-5-9-16(4-2)20(15)21-19(23)14-22-12-6-10-17(22)18-11-7-13-24-18/h5,7-9,11,13,17H,3-4,6,10,12,14H2,1-2H3,(H,21,23)/p+1/t17-/m1/s1. The molecule has 0 saturated carbocycles. The summed E-state index contributed by atoms with van der Waals surface area (Å²) in [5, 5.41) is 5.35. The second-order valence-electron chi connectivity index (χ2n) is 6.50. The van der Waals surface area contributed by atoms with Crippen molar-refractivity contribution in [2.45, 2.75) is 45.6 Å². The highest BCUT2D eigenvalue weighted by atomic mass is 32.1. The first-order chi connectivity index (χ1) is 11.7. The van der Waals surface area contributed by atoms with Crippen LogP contribution < -0.4 is 10.2 Å². The third kappa shape index (κ3) is 3.70. The number of hydrogen-bond donors (Lipinski definition) is 2. The van der Waals surface area contributed by atoms with E-state index in [1.165, 1.54) is 33.7 Å². The second-order valence-corrected chi connectivity index (χ2v) is 7.48. The molecule has 1 aromatic carbocycles. The minimum absolute atomic E-state index is 0.143. The Morgan fingerprint density at radius 2 is 1.96 bits per heavy atom. The number of rotatable bonds is 6. The third-order valence-corrected chi connectivity index (χ3v) is 6.01. The molecule has 1 amide bonds. The van der Waals surface area contributed by atoms with Crippen LogP contribution in [0.2, 0.25) is 0 Å². The number of carbonyl (C=O) groups excluding carboxylic acids is 1. The van der Waals surface area contributed by atoms with E-state index >= 15 is 0 Å². The normalized spacial score (nSPS) is 20.2. The zero-order chi connectivity index (χ0) is 16.9. The Balaban J connectivity index is 1.70. The van der Waals surface area contributed by atoms with Crippen LogP contribution in [0.4, 0.5) is 5.69 Å². The van der Waals surface area contributed by atoms with E-state index in [1.807, 2.05) is 11.3 Å². The van der Waals surface area contributed by atoms with E-state index in [2.05, 4.69) is 54.9 Å². The average molecular weight is 344 g/mol. The van der Waals surface area contributed by atoms with E-state index in [4.69, 9.17) is 0 Å². The molecule has 1 saturated heterocycles. The number of aryl methyl sites for hydroxylation is 2. The molecule has 2 N–H and O–H groups in total. The topological polar surface area (TPSA) is 33.5 Å². The first kappa shape index (κ1) is 17.2. The summed E-state index contributed by atoms with van der Waals surface area (Å²) in [5.41, 5.74) is 3.50. The lowest BCUT2D eigenvalue weighted by Crippen LogP contribution is -3.11. The van der Waals surface area contributed by atoms with Crippen molar-refractivity contribution < 1.29 is 9.69 Å². The van der Waals surface area contributed by atoms with E-state index in [-0.39, 0.29) is 5.91 Å². The maximum atomic E-state index is 12.7. The Labute approximate surface area is 148 Å². The van der Waals surface area contributed by atoms with Gasteiger partial charge in [-0.3, -0.25) is 4.79 Å². The smallest absolute Gasteiger partial charge is 0.279 e. The molecule has 2 heterocycles. The van der Waals surface area contributed by atoms with Gasteiger partial charge in [-0.2, -0.15) is 0 Å². The molecule has 1 fully saturated rings. The van der Waals surface area contributed by atoms with Gasteiger partial charge >= 0.3 is 0 Å². The quantitative estimate of drug-likeness (QED) is 0.829. The molecular weight excluding hydrogens is 316 g/mol. The number of carbonyl (C=O) groups is 1. The molecular formula is C20H27N2OS+. The molecule has 1 aliphatic rings. The van der Waals surface area contributed by atoms with Gasteiger partial charge in [0.15, 0.2) is 6.54 Å². The Hall–Kier alpha value is -1.65. The van der Waals surface area contributed by atoms with E-state index in [0.29, 0.717) is 12.6 Å². The monoisotopic (exact) mass is 343 g/mol. The van der Waals surface area contributed by atoms with Crippen LogP contribution in [0.15, 0.2) is 35.7 Å². The van der Waals surface area contributed by atoms with E-state index in [1.54, 1.807) is 0 Å². The number of amides is 1. The fourth-order valence-corrected chi connectivity index (χ4v) is 4.67. The summed E-state index contributed by atoms with van der Waals surface area (Å²) in [6.07, 6.45) is 4.28. The van der Waals surface area contributed by atoms with Gasteiger partial charge < -0.3 is 10.2 Å². The zero-order valence-corrected chi connectivity index (χ0v) is 15.4. The minimum atomic E-state index is 0.143. The van der Waals surface area contributed by atoms with Crippen LogP contribution in [-0.4, -0.2) is 19.0 Å². The lowest BCUT2D eigenvalue weighted by atomic mass is 10.0. The first-order valence-electron chi connectivity index (χ1n) is 9.01. The Morgan fingerprint density at radius 1 is 1.21 bits per heavy atom. The van der Waals surface area contributed by atoms with Crippen molar-refractivity contribution in [1.29, 1.82) is 0 Å². The maximum Gasteiger partial charge on any atom is 0.279 e. The fourth-order valence-electron chi connectivity index (χ4n) is 3.75. The molecule has 2 atom stereocenters. The van der Waals surface area contributed by atoms with Crippen molar-refractivity contribution in [1.82, 2.24) is 0 Å². The molecule has 2 aromatic rings. The third-order valence-electron chi connectivity index (χ3n) is 5.02. The van der Waals surface area contributed by atoms with Crippen molar-refractivity contribution in [3.8, 4) is 0 Å². The van der Waals surface area contributed by atoms with Crippen molar-refractivity contribution in [3.63, 3.8) is 0 Å². The molecule has 128 valence electrons. The number of para-hydroxylation sites is 1. The van der Waals surface area contributed by atoms with Crippen LogP contribution in [0, 0.1) is 0 Å². The summed E-state index contributed by atoms with van der Waals surface area (Å²) in [6, 6.07) is 11.1. The summed E-state index contributed by atoms with van der Waals surface area (Å²) in [6.45, 7) is 5.93. The second kappa shape index (κ2) is 7.95.